The van der Waals surface area contributed by atoms with Crippen molar-refractivity contribution in [3.63, 3.8) is 0 Å². The number of nitrogens with one attached hydrogen (secondary N) is 1. The van der Waals surface area contributed by atoms with E-state index < -0.39 is 0 Å². The highest BCUT2D eigenvalue weighted by Gasteiger charge is 2.20. The molecule has 1 unspecified atom stereocenters. The summed E-state index contributed by atoms with van der Waals surface area (Å²) < 4.78 is 6.07. The maximum absolute atomic E-state index is 6.07. The smallest absolute Gasteiger partial charge is 0.137 e. The van der Waals surface area contributed by atoms with Crippen LogP contribution in [0.3, 0.4) is 0 Å². The van der Waals surface area contributed by atoms with Crippen molar-refractivity contribution in [3.05, 3.63) is 57.5 Å². The molecule has 0 bridgehead atoms. The summed E-state index contributed by atoms with van der Waals surface area (Å²) in [5.41, 5.74) is 3.48. The zero-order valence-corrected chi connectivity index (χ0v) is 12.2. The molecule has 1 N–H and O–H groups in total. The Labute approximate surface area is 117 Å². The van der Waals surface area contributed by atoms with Crippen LogP contribution in [0.1, 0.15) is 27.8 Å². The molecule has 2 nitrogen and oxygen atoms in total. The third-order valence-electron chi connectivity index (χ3n) is 3.50. The van der Waals surface area contributed by atoms with Crippen molar-refractivity contribution in [2.24, 2.45) is 0 Å². The molecular weight excluding hydrogens is 254 g/mol. The first-order valence-corrected chi connectivity index (χ1v) is 7.29. The largest absolute Gasteiger partial charge is 0.459 e. The van der Waals surface area contributed by atoms with E-state index in [4.69, 9.17) is 4.42 Å². The number of thiophene rings is 1. The van der Waals surface area contributed by atoms with E-state index in [-0.39, 0.29) is 6.04 Å². The zero-order valence-electron chi connectivity index (χ0n) is 11.4. The van der Waals surface area contributed by atoms with Crippen LogP contribution in [0.4, 0.5) is 0 Å². The summed E-state index contributed by atoms with van der Waals surface area (Å²) >= 11 is 1.77. The summed E-state index contributed by atoms with van der Waals surface area (Å²) in [6, 6.07) is 10.7. The molecule has 0 saturated carbocycles. The number of furan rings is 1. The molecule has 19 heavy (non-hydrogen) atoms. The third kappa shape index (κ3) is 2.09. The van der Waals surface area contributed by atoms with Crippen molar-refractivity contribution in [1.82, 2.24) is 5.32 Å². The van der Waals surface area contributed by atoms with E-state index in [1.165, 1.54) is 21.4 Å². The van der Waals surface area contributed by atoms with Gasteiger partial charge in [0.2, 0.25) is 0 Å². The summed E-state index contributed by atoms with van der Waals surface area (Å²) in [5, 5.41) is 6.66. The second-order valence-electron chi connectivity index (χ2n) is 4.83. The van der Waals surface area contributed by atoms with Gasteiger partial charge in [0.15, 0.2) is 0 Å². The maximum atomic E-state index is 6.07. The quantitative estimate of drug-likeness (QED) is 0.763. The average molecular weight is 271 g/mol. The van der Waals surface area contributed by atoms with Crippen LogP contribution < -0.4 is 5.32 Å². The minimum absolute atomic E-state index is 0.131. The molecule has 0 amide bonds. The van der Waals surface area contributed by atoms with Crippen molar-refractivity contribution in [2.75, 3.05) is 7.05 Å². The molecule has 1 atom stereocenters. The van der Waals surface area contributed by atoms with Gasteiger partial charge in [0.05, 0.1) is 0 Å². The van der Waals surface area contributed by atoms with Crippen LogP contribution >= 0.6 is 11.3 Å². The molecule has 3 aromatic rings. The Morgan fingerprint density at radius 1 is 1.16 bits per heavy atom. The number of benzene rings is 1. The summed E-state index contributed by atoms with van der Waals surface area (Å²) in [7, 11) is 1.98. The number of hydrogen-bond acceptors (Lipinski definition) is 3. The first-order chi connectivity index (χ1) is 9.20. The van der Waals surface area contributed by atoms with E-state index in [2.05, 4.69) is 54.9 Å². The van der Waals surface area contributed by atoms with Crippen LogP contribution in [0.2, 0.25) is 0 Å². The van der Waals surface area contributed by atoms with E-state index in [1.807, 2.05) is 7.05 Å². The van der Waals surface area contributed by atoms with Crippen molar-refractivity contribution < 1.29 is 4.42 Å². The van der Waals surface area contributed by atoms with E-state index in [9.17, 15) is 0 Å². The zero-order chi connectivity index (χ0) is 13.4. The molecule has 2 aromatic heterocycles. The van der Waals surface area contributed by atoms with Gasteiger partial charge in [-0.1, -0.05) is 18.2 Å². The Kier molecular flexibility index (Phi) is 3.17. The van der Waals surface area contributed by atoms with Gasteiger partial charge in [-0.2, -0.15) is 0 Å². The standard InChI is InChI=1S/C16H17NOS/c1-10-5-4-6-12-9-13(18-15(10)12)14(17-3)16-11(2)7-8-19-16/h4-9,14,17H,1-3H3. The number of aryl methyl sites for hydroxylation is 2. The van der Waals surface area contributed by atoms with Gasteiger partial charge < -0.3 is 9.73 Å². The first kappa shape index (κ1) is 12.5. The molecule has 1 aromatic carbocycles. The lowest BCUT2D eigenvalue weighted by molar-refractivity contribution is 0.493. The van der Waals surface area contributed by atoms with Gasteiger partial charge in [-0.3, -0.25) is 0 Å². The highest BCUT2D eigenvalue weighted by molar-refractivity contribution is 7.10. The topological polar surface area (TPSA) is 25.2 Å². The van der Waals surface area contributed by atoms with Gasteiger partial charge in [-0.25, -0.2) is 0 Å². The van der Waals surface area contributed by atoms with E-state index >= 15 is 0 Å². The number of rotatable bonds is 3. The van der Waals surface area contributed by atoms with E-state index in [0.29, 0.717) is 0 Å². The Morgan fingerprint density at radius 2 is 2.00 bits per heavy atom. The van der Waals surface area contributed by atoms with Gasteiger partial charge in [0, 0.05) is 10.3 Å². The molecule has 0 aliphatic carbocycles. The lowest BCUT2D eigenvalue weighted by Gasteiger charge is -2.12. The minimum atomic E-state index is 0.131. The third-order valence-corrected chi connectivity index (χ3v) is 4.58. The molecular formula is C16H17NOS. The van der Waals surface area contributed by atoms with Crippen LogP contribution in [-0.2, 0) is 0 Å². The van der Waals surface area contributed by atoms with Crippen LogP contribution in [0.15, 0.2) is 40.1 Å². The lowest BCUT2D eigenvalue weighted by Crippen LogP contribution is -2.16. The molecule has 0 fully saturated rings. The Morgan fingerprint density at radius 3 is 2.63 bits per heavy atom. The summed E-state index contributed by atoms with van der Waals surface area (Å²) in [6.07, 6.45) is 0. The van der Waals surface area contributed by atoms with Crippen molar-refractivity contribution in [2.45, 2.75) is 19.9 Å². The van der Waals surface area contributed by atoms with Crippen molar-refractivity contribution in [3.8, 4) is 0 Å². The fraction of sp³-hybridized carbons (Fsp3) is 0.250. The Balaban J connectivity index is 2.12. The van der Waals surface area contributed by atoms with Gasteiger partial charge in [0.25, 0.3) is 0 Å². The molecule has 2 heterocycles. The molecule has 0 aliphatic heterocycles. The normalized spacial score (nSPS) is 13.0. The molecule has 98 valence electrons. The fourth-order valence-corrected chi connectivity index (χ4v) is 3.50. The second kappa shape index (κ2) is 4.83. The monoisotopic (exact) mass is 271 g/mol. The van der Waals surface area contributed by atoms with Gasteiger partial charge in [0.1, 0.15) is 17.4 Å². The second-order valence-corrected chi connectivity index (χ2v) is 5.78. The lowest BCUT2D eigenvalue weighted by atomic mass is 10.1. The highest BCUT2D eigenvalue weighted by Crippen LogP contribution is 2.33. The number of para-hydroxylation sites is 1. The van der Waals surface area contributed by atoms with Crippen molar-refractivity contribution >= 4 is 22.3 Å². The van der Waals surface area contributed by atoms with Gasteiger partial charge >= 0.3 is 0 Å². The summed E-state index contributed by atoms with van der Waals surface area (Å²) in [5.74, 6) is 0.984. The average Bonchev–Trinajstić information content (AvgIpc) is 2.99. The molecule has 3 heteroatoms. The Bertz CT molecular complexity index is 710. The van der Waals surface area contributed by atoms with Crippen LogP contribution in [0.25, 0.3) is 11.0 Å². The van der Waals surface area contributed by atoms with Gasteiger partial charge in [-0.05, 0) is 49.5 Å². The molecule has 0 aliphatic rings. The van der Waals surface area contributed by atoms with Gasteiger partial charge in [-0.15, -0.1) is 11.3 Å². The van der Waals surface area contributed by atoms with E-state index in [1.54, 1.807) is 11.3 Å². The van der Waals surface area contributed by atoms with Crippen LogP contribution in [0, 0.1) is 13.8 Å². The van der Waals surface area contributed by atoms with Crippen molar-refractivity contribution in [1.29, 1.82) is 0 Å². The maximum Gasteiger partial charge on any atom is 0.137 e. The summed E-state index contributed by atoms with van der Waals surface area (Å²) in [4.78, 5) is 1.32. The molecule has 0 saturated heterocycles. The predicted molar refractivity (Wildman–Crippen MR) is 80.9 cm³/mol. The SMILES string of the molecule is CNC(c1cc2cccc(C)c2o1)c1sccc1C. The van der Waals surface area contributed by atoms with Crippen LogP contribution in [-0.4, -0.2) is 7.05 Å². The predicted octanol–water partition coefficient (Wildman–Crippen LogP) is 4.42. The number of fused-ring (bicyclic) bond motifs is 1. The fourth-order valence-electron chi connectivity index (χ4n) is 2.45. The molecule has 0 spiro atoms. The minimum Gasteiger partial charge on any atom is -0.459 e. The Hall–Kier alpha value is -1.58. The molecule has 3 rings (SSSR count). The molecule has 0 radical (unpaired) electrons. The van der Waals surface area contributed by atoms with Crippen LogP contribution in [0.5, 0.6) is 0 Å². The van der Waals surface area contributed by atoms with E-state index in [0.717, 1.165) is 11.3 Å². The first-order valence-electron chi connectivity index (χ1n) is 6.41. The summed E-state index contributed by atoms with van der Waals surface area (Å²) in [6.45, 7) is 4.23. The highest BCUT2D eigenvalue weighted by atomic mass is 32.1. The number of hydrogen-bond donors (Lipinski definition) is 1.